The van der Waals surface area contributed by atoms with Crippen molar-refractivity contribution in [2.75, 3.05) is 20.2 Å². The molecule has 1 aliphatic heterocycles. The lowest BCUT2D eigenvalue weighted by Gasteiger charge is -2.15. The Morgan fingerprint density at radius 2 is 1.89 bits per heavy atom. The summed E-state index contributed by atoms with van der Waals surface area (Å²) < 4.78 is 5.31. The average molecular weight is 368 g/mol. The molecule has 0 aliphatic carbocycles. The van der Waals surface area contributed by atoms with E-state index in [1.807, 2.05) is 47.4 Å². The van der Waals surface area contributed by atoms with E-state index in [2.05, 4.69) is 35.3 Å². The minimum atomic E-state index is 0.0226. The SMILES string of the molecule is COc1cccc(C2=CCN(C(=O)c3cc4c(ccc5ccccc54)[nH]3)C2)c1. The summed E-state index contributed by atoms with van der Waals surface area (Å²) in [6.45, 7) is 1.21. The zero-order valence-corrected chi connectivity index (χ0v) is 15.6. The molecule has 0 atom stereocenters. The summed E-state index contributed by atoms with van der Waals surface area (Å²) in [6, 6.07) is 22.3. The average Bonchev–Trinajstić information content (AvgIpc) is 3.41. The van der Waals surface area contributed by atoms with Crippen molar-refractivity contribution in [1.29, 1.82) is 0 Å². The van der Waals surface area contributed by atoms with Gasteiger partial charge in [0.2, 0.25) is 0 Å². The molecular formula is C24H20N2O2. The van der Waals surface area contributed by atoms with Crippen molar-refractivity contribution in [3.8, 4) is 5.75 Å². The van der Waals surface area contributed by atoms with E-state index in [-0.39, 0.29) is 5.91 Å². The van der Waals surface area contributed by atoms with Gasteiger partial charge in [-0.3, -0.25) is 4.79 Å². The molecule has 0 unspecified atom stereocenters. The van der Waals surface area contributed by atoms with Crippen LogP contribution in [0.15, 0.2) is 72.8 Å². The highest BCUT2D eigenvalue weighted by Crippen LogP contribution is 2.28. The second-order valence-corrected chi connectivity index (χ2v) is 7.08. The van der Waals surface area contributed by atoms with Crippen LogP contribution in [-0.2, 0) is 0 Å². The Morgan fingerprint density at radius 3 is 2.79 bits per heavy atom. The molecule has 1 N–H and O–H groups in total. The summed E-state index contributed by atoms with van der Waals surface area (Å²) in [6.07, 6.45) is 2.12. The second kappa shape index (κ2) is 6.57. The molecule has 0 fully saturated rings. The van der Waals surface area contributed by atoms with Crippen LogP contribution in [0.4, 0.5) is 0 Å². The summed E-state index contributed by atoms with van der Waals surface area (Å²) in [5.74, 6) is 0.847. The fourth-order valence-electron chi connectivity index (χ4n) is 3.91. The van der Waals surface area contributed by atoms with Gasteiger partial charge in [0.25, 0.3) is 5.91 Å². The Morgan fingerprint density at radius 1 is 1.00 bits per heavy atom. The number of rotatable bonds is 3. The first-order valence-corrected chi connectivity index (χ1v) is 9.36. The van der Waals surface area contributed by atoms with E-state index in [9.17, 15) is 4.79 Å². The summed E-state index contributed by atoms with van der Waals surface area (Å²) in [7, 11) is 1.66. The predicted molar refractivity (Wildman–Crippen MR) is 113 cm³/mol. The number of amides is 1. The molecule has 28 heavy (non-hydrogen) atoms. The Labute approximate surface area is 163 Å². The number of carbonyl (C=O) groups is 1. The minimum Gasteiger partial charge on any atom is -0.497 e. The fraction of sp³-hybridized carbons (Fsp3) is 0.125. The van der Waals surface area contributed by atoms with E-state index >= 15 is 0 Å². The van der Waals surface area contributed by atoms with Crippen molar-refractivity contribution in [2.24, 2.45) is 0 Å². The number of ether oxygens (including phenoxy) is 1. The smallest absolute Gasteiger partial charge is 0.270 e. The first-order chi connectivity index (χ1) is 13.7. The number of benzene rings is 3. The van der Waals surface area contributed by atoms with Crippen LogP contribution in [0.25, 0.3) is 27.2 Å². The van der Waals surface area contributed by atoms with Gasteiger partial charge in [0.1, 0.15) is 11.4 Å². The van der Waals surface area contributed by atoms with Gasteiger partial charge < -0.3 is 14.6 Å². The van der Waals surface area contributed by atoms with Gasteiger partial charge in [-0.25, -0.2) is 0 Å². The topological polar surface area (TPSA) is 45.3 Å². The molecule has 0 saturated carbocycles. The maximum Gasteiger partial charge on any atom is 0.270 e. The van der Waals surface area contributed by atoms with Gasteiger partial charge in [-0.15, -0.1) is 0 Å². The number of H-pyrrole nitrogens is 1. The van der Waals surface area contributed by atoms with E-state index in [1.54, 1.807) is 7.11 Å². The zero-order valence-electron chi connectivity index (χ0n) is 15.6. The Hall–Kier alpha value is -3.53. The molecule has 5 rings (SSSR count). The number of methoxy groups -OCH3 is 1. The summed E-state index contributed by atoms with van der Waals surface area (Å²) in [5.41, 5.74) is 3.86. The standard InChI is InChI=1S/C24H20N2O2/c1-28-19-7-4-6-17(13-19)18-11-12-26(15-18)24(27)23-14-21-20-8-3-2-5-16(20)9-10-22(21)25-23/h2-11,13-14,25H,12,15H2,1H3. The van der Waals surface area contributed by atoms with Crippen LogP contribution < -0.4 is 4.74 Å². The number of aromatic amines is 1. The molecule has 0 saturated heterocycles. The highest BCUT2D eigenvalue weighted by molar-refractivity contribution is 6.10. The van der Waals surface area contributed by atoms with Gasteiger partial charge in [-0.2, -0.15) is 0 Å². The number of nitrogens with zero attached hydrogens (tertiary/aromatic N) is 1. The van der Waals surface area contributed by atoms with Crippen molar-refractivity contribution in [3.05, 3.63) is 84.1 Å². The lowest BCUT2D eigenvalue weighted by Crippen LogP contribution is -2.29. The Kier molecular flexibility index (Phi) is 3.90. The van der Waals surface area contributed by atoms with Gasteiger partial charge in [-0.05, 0) is 46.2 Å². The molecule has 4 heteroatoms. The van der Waals surface area contributed by atoms with Crippen LogP contribution in [0.1, 0.15) is 16.1 Å². The molecule has 0 bridgehead atoms. The Balaban J connectivity index is 1.42. The lowest BCUT2D eigenvalue weighted by atomic mass is 10.1. The number of aromatic nitrogens is 1. The van der Waals surface area contributed by atoms with Crippen molar-refractivity contribution in [2.45, 2.75) is 0 Å². The monoisotopic (exact) mass is 368 g/mol. The fourth-order valence-corrected chi connectivity index (χ4v) is 3.91. The molecule has 0 radical (unpaired) electrons. The van der Waals surface area contributed by atoms with Crippen LogP contribution in [-0.4, -0.2) is 36.0 Å². The van der Waals surface area contributed by atoms with Crippen molar-refractivity contribution < 1.29 is 9.53 Å². The molecule has 1 aliphatic rings. The van der Waals surface area contributed by atoms with Gasteiger partial charge in [0, 0.05) is 24.0 Å². The first-order valence-electron chi connectivity index (χ1n) is 9.36. The highest BCUT2D eigenvalue weighted by atomic mass is 16.5. The number of fused-ring (bicyclic) bond motifs is 3. The van der Waals surface area contributed by atoms with E-state index in [4.69, 9.17) is 4.74 Å². The largest absolute Gasteiger partial charge is 0.497 e. The maximum atomic E-state index is 13.1. The third-order valence-corrected chi connectivity index (χ3v) is 5.41. The summed E-state index contributed by atoms with van der Waals surface area (Å²) in [5, 5.41) is 3.42. The summed E-state index contributed by atoms with van der Waals surface area (Å²) in [4.78, 5) is 18.3. The van der Waals surface area contributed by atoms with Crippen molar-refractivity contribution in [1.82, 2.24) is 9.88 Å². The minimum absolute atomic E-state index is 0.0226. The maximum absolute atomic E-state index is 13.1. The third kappa shape index (κ3) is 2.74. The van der Waals surface area contributed by atoms with Crippen LogP contribution in [0.5, 0.6) is 5.75 Å². The van der Waals surface area contributed by atoms with Crippen LogP contribution in [0, 0.1) is 0 Å². The second-order valence-electron chi connectivity index (χ2n) is 7.08. The number of carbonyl (C=O) groups excluding carboxylic acids is 1. The molecule has 4 nitrogen and oxygen atoms in total. The lowest BCUT2D eigenvalue weighted by molar-refractivity contribution is 0.0797. The highest BCUT2D eigenvalue weighted by Gasteiger charge is 2.23. The number of hydrogen-bond acceptors (Lipinski definition) is 2. The Bertz CT molecular complexity index is 1240. The van der Waals surface area contributed by atoms with Crippen molar-refractivity contribution in [3.63, 3.8) is 0 Å². The van der Waals surface area contributed by atoms with Crippen LogP contribution >= 0.6 is 0 Å². The molecule has 3 aromatic carbocycles. The number of nitrogens with one attached hydrogen (secondary N) is 1. The van der Waals surface area contributed by atoms with E-state index in [0.29, 0.717) is 18.8 Å². The van der Waals surface area contributed by atoms with Crippen LogP contribution in [0.2, 0.25) is 0 Å². The molecule has 1 aromatic heterocycles. The normalized spacial score (nSPS) is 13.9. The molecular weight excluding hydrogens is 348 g/mol. The van der Waals surface area contributed by atoms with Gasteiger partial charge in [-0.1, -0.05) is 48.5 Å². The number of hydrogen-bond donors (Lipinski definition) is 1. The first kappa shape index (κ1) is 16.6. The third-order valence-electron chi connectivity index (χ3n) is 5.41. The van der Waals surface area contributed by atoms with Gasteiger partial charge in [0.05, 0.1) is 7.11 Å². The zero-order chi connectivity index (χ0) is 19.1. The molecule has 1 amide bonds. The van der Waals surface area contributed by atoms with Gasteiger partial charge >= 0.3 is 0 Å². The molecule has 138 valence electrons. The van der Waals surface area contributed by atoms with Gasteiger partial charge in [0.15, 0.2) is 0 Å². The van der Waals surface area contributed by atoms with Crippen molar-refractivity contribution >= 4 is 33.2 Å². The molecule has 2 heterocycles. The van der Waals surface area contributed by atoms with Crippen LogP contribution in [0.3, 0.4) is 0 Å². The predicted octanol–water partition coefficient (Wildman–Crippen LogP) is 4.87. The van der Waals surface area contributed by atoms with E-state index in [0.717, 1.165) is 33.2 Å². The molecule has 4 aromatic rings. The van der Waals surface area contributed by atoms with E-state index < -0.39 is 0 Å². The quantitative estimate of drug-likeness (QED) is 0.561. The molecule has 0 spiro atoms. The summed E-state index contributed by atoms with van der Waals surface area (Å²) >= 11 is 0. The van der Waals surface area contributed by atoms with E-state index in [1.165, 1.54) is 5.39 Å².